The Bertz CT molecular complexity index is 3310. The summed E-state index contributed by atoms with van der Waals surface area (Å²) >= 11 is -3.80. The molecule has 57 heavy (non-hydrogen) atoms. The Labute approximate surface area is 331 Å². The number of hydrogen-bond acceptors (Lipinski definition) is 3. The average Bonchev–Trinajstić information content (AvgIpc) is 3.92. The van der Waals surface area contributed by atoms with Gasteiger partial charge in [0.25, 0.3) is 0 Å². The van der Waals surface area contributed by atoms with Crippen LogP contribution in [0.15, 0.2) is 205 Å². The monoisotopic (exact) mass is 789 g/mol. The summed E-state index contributed by atoms with van der Waals surface area (Å²) in [6, 6.07) is 72.2. The van der Waals surface area contributed by atoms with E-state index >= 15 is 0 Å². The van der Waals surface area contributed by atoms with Crippen LogP contribution in [0.25, 0.3) is 83.3 Å². The van der Waals surface area contributed by atoms with Gasteiger partial charge in [0.2, 0.25) is 0 Å². The maximum atomic E-state index is 6.52. The molecule has 0 amide bonds. The Morgan fingerprint density at radius 3 is 1.75 bits per heavy atom. The molecular weight excluding hydrogens is 755 g/mol. The van der Waals surface area contributed by atoms with Crippen molar-refractivity contribution in [2.45, 2.75) is 0 Å². The number of benzene rings is 8. The van der Waals surface area contributed by atoms with Crippen LogP contribution in [0.5, 0.6) is 0 Å². The molecule has 12 rings (SSSR count). The molecule has 0 atom stereocenters. The van der Waals surface area contributed by atoms with Crippen molar-refractivity contribution >= 4 is 74.6 Å². The predicted molar refractivity (Wildman–Crippen MR) is 237 cm³/mol. The van der Waals surface area contributed by atoms with Gasteiger partial charge in [0.15, 0.2) is 0 Å². The second-order valence-electron chi connectivity index (χ2n) is 14.8. The second kappa shape index (κ2) is 12.5. The van der Waals surface area contributed by atoms with Crippen molar-refractivity contribution in [3.05, 3.63) is 200 Å². The quantitative estimate of drug-likeness (QED) is 0.163. The van der Waals surface area contributed by atoms with E-state index in [-0.39, 0.29) is 0 Å². The number of fused-ring (bicyclic) bond motifs is 9. The van der Waals surface area contributed by atoms with E-state index in [2.05, 4.69) is 199 Å². The molecule has 0 N–H and O–H groups in total. The molecule has 0 saturated heterocycles. The van der Waals surface area contributed by atoms with Gasteiger partial charge >= 0.3 is 333 Å². The van der Waals surface area contributed by atoms with Crippen molar-refractivity contribution in [1.29, 1.82) is 0 Å². The summed E-state index contributed by atoms with van der Waals surface area (Å²) in [5, 5.41) is 4.63. The van der Waals surface area contributed by atoms with Crippen LogP contribution in [0.2, 0.25) is 0 Å². The molecular formula is C52H33GeN3O. The van der Waals surface area contributed by atoms with Crippen LogP contribution in [0.4, 0.5) is 0 Å². The Morgan fingerprint density at radius 1 is 0.421 bits per heavy atom. The van der Waals surface area contributed by atoms with Gasteiger partial charge in [0.1, 0.15) is 0 Å². The van der Waals surface area contributed by atoms with Gasteiger partial charge in [-0.1, -0.05) is 0 Å². The van der Waals surface area contributed by atoms with Crippen LogP contribution in [0, 0.1) is 0 Å². The van der Waals surface area contributed by atoms with Gasteiger partial charge in [-0.3, -0.25) is 0 Å². The fourth-order valence-corrected chi connectivity index (χ4v) is 20.5. The van der Waals surface area contributed by atoms with Crippen molar-refractivity contribution in [2.75, 3.05) is 0 Å². The summed E-state index contributed by atoms with van der Waals surface area (Å²) in [6.45, 7) is 0. The van der Waals surface area contributed by atoms with E-state index in [1.165, 1.54) is 33.9 Å². The minimum absolute atomic E-state index is 0.722. The predicted octanol–water partition coefficient (Wildman–Crippen LogP) is 10.2. The normalized spacial score (nSPS) is 13.1. The van der Waals surface area contributed by atoms with Gasteiger partial charge in [-0.15, -0.1) is 0 Å². The van der Waals surface area contributed by atoms with E-state index in [1.54, 1.807) is 0 Å². The SMILES string of the molecule is c1ccc(-c2nc(-c3ccccc3-n3c4ccccc4c4cc5c(cc43)oc3ccccc35)[c]3c(n2)-c2cccc[c]2[Ge]3([c]2ccccc2)[c]2ccccc2)cc1. The first-order chi connectivity index (χ1) is 28.3. The summed E-state index contributed by atoms with van der Waals surface area (Å²) < 4.78 is 14.3. The van der Waals surface area contributed by atoms with Crippen LogP contribution >= 0.6 is 0 Å². The fraction of sp³-hybridized carbons (Fsp3) is 0. The first-order valence-electron chi connectivity index (χ1n) is 19.4. The topological polar surface area (TPSA) is 43.9 Å². The van der Waals surface area contributed by atoms with Crippen molar-refractivity contribution < 1.29 is 4.42 Å². The van der Waals surface area contributed by atoms with Crippen LogP contribution in [-0.2, 0) is 0 Å². The zero-order valence-electron chi connectivity index (χ0n) is 30.8. The van der Waals surface area contributed by atoms with Gasteiger partial charge in [0.05, 0.1) is 0 Å². The van der Waals surface area contributed by atoms with E-state index in [4.69, 9.17) is 14.4 Å². The number of rotatable bonds is 5. The van der Waals surface area contributed by atoms with E-state index < -0.39 is 13.3 Å². The third-order valence-electron chi connectivity index (χ3n) is 11.9. The molecule has 1 aliphatic heterocycles. The molecule has 3 aromatic heterocycles. The Balaban J connectivity index is 1.24. The zero-order valence-corrected chi connectivity index (χ0v) is 32.9. The van der Waals surface area contributed by atoms with Gasteiger partial charge in [0, 0.05) is 0 Å². The average molecular weight is 788 g/mol. The third-order valence-corrected chi connectivity index (χ3v) is 22.1. The molecule has 266 valence electrons. The van der Waals surface area contributed by atoms with Crippen LogP contribution < -0.4 is 17.6 Å². The van der Waals surface area contributed by atoms with E-state index in [9.17, 15) is 0 Å². The standard InChI is InChI=1S/C52H33GeN3O/c1-4-18-34(19-5-1)52-54-50-39-26-10-14-28-43(39)53(35-20-6-2-7-21-35,36-22-8-3-9-23-36)49(50)51(55-52)40-27-12-16-30-45(40)56-44-29-15-11-24-37(44)41-32-42-38-25-13-17-31-47(38)57-48(42)33-46(41)56/h1-33H. The first-order valence-corrected chi connectivity index (χ1v) is 23.6. The van der Waals surface area contributed by atoms with Crippen molar-refractivity contribution in [3.63, 3.8) is 0 Å². The number of hydrogen-bond donors (Lipinski definition) is 0. The molecule has 4 heterocycles. The summed E-state index contributed by atoms with van der Waals surface area (Å²) in [5.74, 6) is 0.722. The molecule has 8 aromatic carbocycles. The fourth-order valence-electron chi connectivity index (χ4n) is 9.53. The molecule has 0 fully saturated rings. The molecule has 0 spiro atoms. The Kier molecular flexibility index (Phi) is 7.07. The van der Waals surface area contributed by atoms with E-state index in [0.717, 1.165) is 67.0 Å². The van der Waals surface area contributed by atoms with E-state index in [1.807, 2.05) is 6.07 Å². The molecule has 1 aliphatic rings. The molecule has 0 saturated carbocycles. The molecule has 0 aliphatic carbocycles. The number of para-hydroxylation sites is 3. The third kappa shape index (κ3) is 4.62. The Morgan fingerprint density at radius 2 is 1.00 bits per heavy atom. The zero-order chi connectivity index (χ0) is 37.5. The van der Waals surface area contributed by atoms with Crippen LogP contribution in [-0.4, -0.2) is 27.8 Å². The molecule has 4 nitrogen and oxygen atoms in total. The maximum absolute atomic E-state index is 6.52. The molecule has 0 radical (unpaired) electrons. The second-order valence-corrected chi connectivity index (χ2v) is 22.6. The van der Waals surface area contributed by atoms with Gasteiger partial charge in [-0.05, 0) is 0 Å². The molecule has 0 bridgehead atoms. The first kappa shape index (κ1) is 32.2. The Hall–Kier alpha value is -7.02. The van der Waals surface area contributed by atoms with E-state index in [0.29, 0.717) is 0 Å². The van der Waals surface area contributed by atoms with Crippen molar-refractivity contribution in [3.8, 4) is 39.6 Å². The van der Waals surface area contributed by atoms with Gasteiger partial charge < -0.3 is 0 Å². The summed E-state index contributed by atoms with van der Waals surface area (Å²) in [5.41, 5.74) is 10.3. The van der Waals surface area contributed by atoms with Crippen molar-refractivity contribution in [2.24, 2.45) is 0 Å². The number of nitrogens with zero attached hydrogens (tertiary/aromatic N) is 3. The summed E-state index contributed by atoms with van der Waals surface area (Å²) in [7, 11) is 0. The van der Waals surface area contributed by atoms with Crippen LogP contribution in [0.3, 0.4) is 0 Å². The molecule has 0 unspecified atom stereocenters. The summed E-state index contributed by atoms with van der Waals surface area (Å²) in [4.78, 5) is 11.3. The van der Waals surface area contributed by atoms with Gasteiger partial charge in [-0.25, -0.2) is 0 Å². The minimum atomic E-state index is -3.80. The number of aromatic nitrogens is 3. The number of furan rings is 1. The molecule has 11 aromatic rings. The van der Waals surface area contributed by atoms with Crippen molar-refractivity contribution in [1.82, 2.24) is 14.5 Å². The van der Waals surface area contributed by atoms with Gasteiger partial charge in [-0.2, -0.15) is 0 Å². The van der Waals surface area contributed by atoms with Crippen LogP contribution in [0.1, 0.15) is 0 Å². The summed E-state index contributed by atoms with van der Waals surface area (Å²) in [6.07, 6.45) is 0. The molecule has 5 heteroatoms.